The molecule has 4 N–H and O–H groups in total. The summed E-state index contributed by atoms with van der Waals surface area (Å²) in [7, 11) is 0. The first kappa shape index (κ1) is 13.5. The molecule has 1 aromatic carbocycles. The van der Waals surface area contributed by atoms with Crippen LogP contribution in [-0.2, 0) is 4.79 Å². The minimum Gasteiger partial charge on any atom is -0.368 e. The molecule has 1 rings (SSSR count). The SMILES string of the molecule is CC(N)(CCSc1ccc(Br)cc1)C(N)=O. The molecule has 1 amide bonds. The highest BCUT2D eigenvalue weighted by molar-refractivity contribution is 9.10. The van der Waals surface area contributed by atoms with E-state index in [1.54, 1.807) is 18.7 Å². The number of carbonyl (C=O) groups excluding carboxylic acids is 1. The lowest BCUT2D eigenvalue weighted by atomic mass is 10.0. The summed E-state index contributed by atoms with van der Waals surface area (Å²) in [6, 6.07) is 8.01. The molecule has 0 fully saturated rings. The molecule has 1 atom stereocenters. The summed E-state index contributed by atoms with van der Waals surface area (Å²) in [5.41, 5.74) is 10.0. The highest BCUT2D eigenvalue weighted by Gasteiger charge is 2.24. The summed E-state index contributed by atoms with van der Waals surface area (Å²) >= 11 is 5.04. The number of hydrogen-bond acceptors (Lipinski definition) is 3. The normalized spacial score (nSPS) is 14.4. The number of hydrogen-bond donors (Lipinski definition) is 2. The van der Waals surface area contributed by atoms with E-state index in [1.807, 2.05) is 24.3 Å². The van der Waals surface area contributed by atoms with Crippen molar-refractivity contribution < 1.29 is 4.79 Å². The first-order valence-electron chi connectivity index (χ1n) is 4.89. The van der Waals surface area contributed by atoms with Crippen molar-refractivity contribution in [3.63, 3.8) is 0 Å². The van der Waals surface area contributed by atoms with Crippen molar-refractivity contribution in [2.45, 2.75) is 23.8 Å². The maximum absolute atomic E-state index is 11.0. The van der Waals surface area contributed by atoms with E-state index in [2.05, 4.69) is 15.9 Å². The Kier molecular flexibility index (Phi) is 4.83. The van der Waals surface area contributed by atoms with Gasteiger partial charge in [0.05, 0.1) is 5.54 Å². The molecule has 88 valence electrons. The molecular formula is C11H15BrN2OS. The molecule has 0 aliphatic heterocycles. The van der Waals surface area contributed by atoms with E-state index < -0.39 is 11.4 Å². The van der Waals surface area contributed by atoms with Crippen molar-refractivity contribution in [3.05, 3.63) is 28.7 Å². The summed E-state index contributed by atoms with van der Waals surface area (Å²) in [5, 5.41) is 0. The third-order valence-electron chi connectivity index (χ3n) is 2.27. The second-order valence-electron chi connectivity index (χ2n) is 3.83. The maximum Gasteiger partial charge on any atom is 0.237 e. The monoisotopic (exact) mass is 302 g/mol. The number of nitrogens with two attached hydrogens (primary N) is 2. The van der Waals surface area contributed by atoms with E-state index >= 15 is 0 Å². The van der Waals surface area contributed by atoms with Crippen LogP contribution in [0, 0.1) is 0 Å². The number of rotatable bonds is 5. The molecule has 0 radical (unpaired) electrons. The minimum atomic E-state index is -0.914. The molecular weight excluding hydrogens is 288 g/mol. The molecule has 0 spiro atoms. The molecule has 0 aliphatic rings. The largest absolute Gasteiger partial charge is 0.368 e. The average molecular weight is 303 g/mol. The number of thioether (sulfide) groups is 1. The highest BCUT2D eigenvalue weighted by atomic mass is 79.9. The summed E-state index contributed by atoms with van der Waals surface area (Å²) in [5.74, 6) is 0.321. The van der Waals surface area contributed by atoms with Crippen LogP contribution < -0.4 is 11.5 Å². The van der Waals surface area contributed by atoms with Gasteiger partial charge >= 0.3 is 0 Å². The van der Waals surface area contributed by atoms with Crippen molar-refractivity contribution >= 4 is 33.6 Å². The smallest absolute Gasteiger partial charge is 0.237 e. The molecule has 0 saturated heterocycles. The molecule has 16 heavy (non-hydrogen) atoms. The Hall–Kier alpha value is -0.520. The zero-order valence-electron chi connectivity index (χ0n) is 9.07. The molecule has 0 saturated carbocycles. The van der Waals surface area contributed by atoms with Gasteiger partial charge in [0.15, 0.2) is 0 Å². The lowest BCUT2D eigenvalue weighted by molar-refractivity contribution is -0.122. The van der Waals surface area contributed by atoms with Crippen LogP contribution in [0.25, 0.3) is 0 Å². The summed E-state index contributed by atoms with van der Waals surface area (Å²) in [6.07, 6.45) is 0.572. The van der Waals surface area contributed by atoms with Crippen molar-refractivity contribution in [1.29, 1.82) is 0 Å². The number of carbonyl (C=O) groups is 1. The van der Waals surface area contributed by atoms with Gasteiger partial charge in [0.25, 0.3) is 0 Å². The predicted octanol–water partition coefficient (Wildman–Crippen LogP) is 2.13. The van der Waals surface area contributed by atoms with E-state index in [1.165, 1.54) is 0 Å². The van der Waals surface area contributed by atoms with Gasteiger partial charge in [-0.15, -0.1) is 11.8 Å². The Morgan fingerprint density at radius 1 is 1.44 bits per heavy atom. The van der Waals surface area contributed by atoms with Gasteiger partial charge < -0.3 is 11.5 Å². The van der Waals surface area contributed by atoms with Gasteiger partial charge in [0.1, 0.15) is 0 Å². The first-order chi connectivity index (χ1) is 7.42. The second-order valence-corrected chi connectivity index (χ2v) is 5.92. The predicted molar refractivity (Wildman–Crippen MR) is 71.3 cm³/mol. The molecule has 0 aliphatic carbocycles. The van der Waals surface area contributed by atoms with Crippen LogP contribution in [-0.4, -0.2) is 17.2 Å². The first-order valence-corrected chi connectivity index (χ1v) is 6.67. The molecule has 1 aromatic rings. The van der Waals surface area contributed by atoms with Gasteiger partial charge in [-0.2, -0.15) is 0 Å². The van der Waals surface area contributed by atoms with E-state index in [4.69, 9.17) is 11.5 Å². The van der Waals surface area contributed by atoms with Gasteiger partial charge in [-0.25, -0.2) is 0 Å². The Labute approximate surface area is 108 Å². The van der Waals surface area contributed by atoms with Crippen LogP contribution in [0.4, 0.5) is 0 Å². The molecule has 0 bridgehead atoms. The average Bonchev–Trinajstić information content (AvgIpc) is 2.20. The third-order valence-corrected chi connectivity index (χ3v) is 3.81. The van der Waals surface area contributed by atoms with Crippen LogP contribution in [0.5, 0.6) is 0 Å². The summed E-state index contributed by atoms with van der Waals surface area (Å²) in [4.78, 5) is 12.1. The molecule has 0 heterocycles. The van der Waals surface area contributed by atoms with Crippen molar-refractivity contribution in [1.82, 2.24) is 0 Å². The molecule has 3 nitrogen and oxygen atoms in total. The number of primary amides is 1. The number of halogens is 1. The highest BCUT2D eigenvalue weighted by Crippen LogP contribution is 2.22. The lowest BCUT2D eigenvalue weighted by Crippen LogP contribution is -2.49. The Morgan fingerprint density at radius 2 is 2.00 bits per heavy atom. The Bertz CT molecular complexity index is 365. The Morgan fingerprint density at radius 3 is 2.50 bits per heavy atom. The van der Waals surface area contributed by atoms with Crippen molar-refractivity contribution in [2.75, 3.05) is 5.75 Å². The quantitative estimate of drug-likeness (QED) is 0.819. The fourth-order valence-electron chi connectivity index (χ4n) is 1.03. The zero-order chi connectivity index (χ0) is 12.2. The van der Waals surface area contributed by atoms with Crippen molar-refractivity contribution in [3.8, 4) is 0 Å². The molecule has 5 heteroatoms. The van der Waals surface area contributed by atoms with Gasteiger partial charge in [0, 0.05) is 15.1 Å². The van der Waals surface area contributed by atoms with Crippen molar-refractivity contribution in [2.24, 2.45) is 11.5 Å². The third kappa shape index (κ3) is 4.15. The fourth-order valence-corrected chi connectivity index (χ4v) is 2.39. The number of benzene rings is 1. The topological polar surface area (TPSA) is 69.1 Å². The van der Waals surface area contributed by atoms with Gasteiger partial charge in [-0.1, -0.05) is 15.9 Å². The lowest BCUT2D eigenvalue weighted by Gasteiger charge is -2.19. The van der Waals surface area contributed by atoms with Crippen LogP contribution >= 0.6 is 27.7 Å². The van der Waals surface area contributed by atoms with E-state index in [0.29, 0.717) is 6.42 Å². The number of amides is 1. The Balaban J connectivity index is 2.41. The summed E-state index contributed by atoms with van der Waals surface area (Å²) < 4.78 is 1.05. The molecule has 1 unspecified atom stereocenters. The standard InChI is InChI=1S/C11H15BrN2OS/c1-11(14,10(13)15)6-7-16-9-4-2-8(12)3-5-9/h2-5H,6-7,14H2,1H3,(H2,13,15). The van der Waals surface area contributed by atoms with Crippen LogP contribution in [0.3, 0.4) is 0 Å². The maximum atomic E-state index is 11.0. The fraction of sp³-hybridized carbons (Fsp3) is 0.364. The van der Waals surface area contributed by atoms with E-state index in [0.717, 1.165) is 15.1 Å². The second kappa shape index (κ2) is 5.70. The van der Waals surface area contributed by atoms with Gasteiger partial charge in [0.2, 0.25) is 5.91 Å². The summed E-state index contributed by atoms with van der Waals surface area (Å²) in [6.45, 7) is 1.66. The van der Waals surface area contributed by atoms with Crippen LogP contribution in [0.2, 0.25) is 0 Å². The van der Waals surface area contributed by atoms with Crippen LogP contribution in [0.15, 0.2) is 33.6 Å². The van der Waals surface area contributed by atoms with Gasteiger partial charge in [-0.3, -0.25) is 4.79 Å². The molecule has 0 aromatic heterocycles. The van der Waals surface area contributed by atoms with E-state index in [-0.39, 0.29) is 0 Å². The zero-order valence-corrected chi connectivity index (χ0v) is 11.5. The van der Waals surface area contributed by atoms with Gasteiger partial charge in [-0.05, 0) is 37.6 Å². The van der Waals surface area contributed by atoms with Crippen LogP contribution in [0.1, 0.15) is 13.3 Å². The van der Waals surface area contributed by atoms with E-state index in [9.17, 15) is 4.79 Å². The minimum absolute atomic E-state index is 0.455.